The highest BCUT2D eigenvalue weighted by atomic mass is 32.2. The van der Waals surface area contributed by atoms with Crippen LogP contribution in [0.4, 0.5) is 0 Å². The predicted molar refractivity (Wildman–Crippen MR) is 80.8 cm³/mol. The maximum atomic E-state index is 12.8. The van der Waals surface area contributed by atoms with Crippen LogP contribution in [-0.2, 0) is 14.8 Å². The minimum absolute atomic E-state index is 0.0380. The van der Waals surface area contributed by atoms with Crippen molar-refractivity contribution in [3.8, 4) is 11.5 Å². The highest BCUT2D eigenvalue weighted by molar-refractivity contribution is 7.89. The van der Waals surface area contributed by atoms with Crippen molar-refractivity contribution in [1.82, 2.24) is 4.31 Å². The number of sulfonamides is 1. The maximum absolute atomic E-state index is 12.8. The molecular weight excluding hydrogens is 306 g/mol. The van der Waals surface area contributed by atoms with E-state index in [2.05, 4.69) is 0 Å². The predicted octanol–water partition coefficient (Wildman–Crippen LogP) is 1.65. The quantitative estimate of drug-likeness (QED) is 0.844. The Kier molecular flexibility index (Phi) is 4.56. The van der Waals surface area contributed by atoms with Crippen LogP contribution >= 0.6 is 0 Å². The van der Waals surface area contributed by atoms with Gasteiger partial charge in [0, 0.05) is 25.6 Å². The molecule has 1 fully saturated rings. The zero-order chi connectivity index (χ0) is 15.6. The van der Waals surface area contributed by atoms with Gasteiger partial charge in [-0.2, -0.15) is 4.31 Å². The van der Waals surface area contributed by atoms with Crippen molar-refractivity contribution in [2.45, 2.75) is 30.8 Å². The van der Waals surface area contributed by atoms with E-state index in [-0.39, 0.29) is 11.0 Å². The van der Waals surface area contributed by atoms with Gasteiger partial charge in [-0.1, -0.05) is 6.92 Å². The van der Waals surface area contributed by atoms with Crippen molar-refractivity contribution in [2.24, 2.45) is 0 Å². The van der Waals surface area contributed by atoms with Gasteiger partial charge in [0.2, 0.25) is 10.0 Å². The first-order valence-electron chi connectivity index (χ1n) is 7.62. The average molecular weight is 327 g/mol. The molecule has 0 N–H and O–H groups in total. The van der Waals surface area contributed by atoms with Crippen LogP contribution in [-0.4, -0.2) is 51.7 Å². The van der Waals surface area contributed by atoms with E-state index in [4.69, 9.17) is 14.2 Å². The molecule has 6 nitrogen and oxygen atoms in total. The largest absolute Gasteiger partial charge is 0.490 e. The molecule has 1 aromatic carbocycles. The van der Waals surface area contributed by atoms with Gasteiger partial charge in [-0.3, -0.25) is 0 Å². The fourth-order valence-electron chi connectivity index (χ4n) is 2.61. The summed E-state index contributed by atoms with van der Waals surface area (Å²) in [4.78, 5) is 0.244. The summed E-state index contributed by atoms with van der Waals surface area (Å²) < 4.78 is 43.7. The highest BCUT2D eigenvalue weighted by Gasteiger charge is 2.31. The van der Waals surface area contributed by atoms with Gasteiger partial charge in [-0.25, -0.2) is 8.42 Å². The molecule has 2 heterocycles. The van der Waals surface area contributed by atoms with Crippen molar-refractivity contribution in [3.05, 3.63) is 18.2 Å². The van der Waals surface area contributed by atoms with E-state index >= 15 is 0 Å². The molecule has 0 amide bonds. The molecule has 0 saturated carbocycles. The smallest absolute Gasteiger partial charge is 0.243 e. The normalized spacial score (nSPS) is 23.0. The second kappa shape index (κ2) is 6.44. The molecule has 122 valence electrons. The summed E-state index contributed by atoms with van der Waals surface area (Å²) in [5.41, 5.74) is 0. The standard InChI is InChI=1S/C15H21NO5S/c1-2-12-11-16(6-9-19-12)22(17,18)13-4-5-14-15(10-13)21-8-3-7-20-14/h4-5,10,12H,2-3,6-9,11H2,1H3/t12-/m0/s1. The highest BCUT2D eigenvalue weighted by Crippen LogP contribution is 2.33. The van der Waals surface area contributed by atoms with Gasteiger partial charge in [0.05, 0.1) is 30.8 Å². The van der Waals surface area contributed by atoms with Crippen molar-refractivity contribution < 1.29 is 22.6 Å². The lowest BCUT2D eigenvalue weighted by Crippen LogP contribution is -2.45. The molecule has 2 aliphatic heterocycles. The van der Waals surface area contributed by atoms with Crippen LogP contribution in [0.5, 0.6) is 11.5 Å². The van der Waals surface area contributed by atoms with Crippen molar-refractivity contribution in [2.75, 3.05) is 32.9 Å². The van der Waals surface area contributed by atoms with Crippen molar-refractivity contribution in [3.63, 3.8) is 0 Å². The summed E-state index contributed by atoms with van der Waals surface area (Å²) in [6.45, 7) is 4.32. The first-order valence-corrected chi connectivity index (χ1v) is 9.06. The Morgan fingerprint density at radius 1 is 1.18 bits per heavy atom. The summed E-state index contributed by atoms with van der Waals surface area (Å²) in [6.07, 6.45) is 1.55. The van der Waals surface area contributed by atoms with Crippen molar-refractivity contribution >= 4 is 10.0 Å². The number of benzene rings is 1. The van der Waals surface area contributed by atoms with Crippen LogP contribution in [0.1, 0.15) is 19.8 Å². The topological polar surface area (TPSA) is 65.1 Å². The van der Waals surface area contributed by atoms with E-state index in [1.165, 1.54) is 4.31 Å². The van der Waals surface area contributed by atoms with Gasteiger partial charge in [0.1, 0.15) is 0 Å². The number of morpholine rings is 1. The lowest BCUT2D eigenvalue weighted by molar-refractivity contribution is -0.00278. The Hall–Kier alpha value is -1.31. The van der Waals surface area contributed by atoms with Gasteiger partial charge in [0.25, 0.3) is 0 Å². The van der Waals surface area contributed by atoms with E-state index in [1.807, 2.05) is 6.92 Å². The number of ether oxygens (including phenoxy) is 3. The lowest BCUT2D eigenvalue weighted by atomic mass is 10.2. The van der Waals surface area contributed by atoms with Crippen LogP contribution in [0, 0.1) is 0 Å². The van der Waals surface area contributed by atoms with E-state index < -0.39 is 10.0 Å². The molecular formula is C15H21NO5S. The summed E-state index contributed by atoms with van der Waals surface area (Å²) in [5, 5.41) is 0. The number of rotatable bonds is 3. The molecule has 0 unspecified atom stereocenters. The second-order valence-electron chi connectivity index (χ2n) is 5.42. The van der Waals surface area contributed by atoms with Crippen LogP contribution in [0.25, 0.3) is 0 Å². The summed E-state index contributed by atoms with van der Waals surface area (Å²) in [6, 6.07) is 4.82. The third-order valence-corrected chi connectivity index (χ3v) is 5.77. The Morgan fingerprint density at radius 3 is 2.73 bits per heavy atom. The lowest BCUT2D eigenvalue weighted by Gasteiger charge is -2.31. The number of nitrogens with zero attached hydrogens (tertiary/aromatic N) is 1. The van der Waals surface area contributed by atoms with E-state index in [0.29, 0.717) is 44.4 Å². The third-order valence-electron chi connectivity index (χ3n) is 3.91. The molecule has 2 aliphatic rings. The fourth-order valence-corrected chi connectivity index (χ4v) is 4.08. The van der Waals surface area contributed by atoms with Crippen LogP contribution in [0.2, 0.25) is 0 Å². The molecule has 1 saturated heterocycles. The van der Waals surface area contributed by atoms with Crippen LogP contribution in [0.15, 0.2) is 23.1 Å². The molecule has 0 spiro atoms. The second-order valence-corrected chi connectivity index (χ2v) is 7.36. The molecule has 1 aromatic rings. The molecule has 1 atom stereocenters. The fraction of sp³-hybridized carbons (Fsp3) is 0.600. The molecule has 22 heavy (non-hydrogen) atoms. The molecule has 0 radical (unpaired) electrons. The molecule has 0 bridgehead atoms. The van der Waals surface area contributed by atoms with Gasteiger partial charge < -0.3 is 14.2 Å². The average Bonchev–Trinajstić information content (AvgIpc) is 2.79. The van der Waals surface area contributed by atoms with E-state index in [0.717, 1.165) is 12.8 Å². The summed E-state index contributed by atoms with van der Waals surface area (Å²) in [5.74, 6) is 1.10. The van der Waals surface area contributed by atoms with Gasteiger partial charge in [-0.15, -0.1) is 0 Å². The van der Waals surface area contributed by atoms with Gasteiger partial charge in [-0.05, 0) is 18.6 Å². The third kappa shape index (κ3) is 3.06. The SMILES string of the molecule is CC[C@H]1CN(S(=O)(=O)c2ccc3c(c2)OCCCO3)CCO1. The molecule has 0 aliphatic carbocycles. The van der Waals surface area contributed by atoms with E-state index in [1.54, 1.807) is 18.2 Å². The monoisotopic (exact) mass is 327 g/mol. The van der Waals surface area contributed by atoms with Gasteiger partial charge >= 0.3 is 0 Å². The zero-order valence-corrected chi connectivity index (χ0v) is 13.5. The van der Waals surface area contributed by atoms with E-state index in [9.17, 15) is 8.42 Å². The Balaban J connectivity index is 1.87. The first kappa shape index (κ1) is 15.6. The summed E-state index contributed by atoms with van der Waals surface area (Å²) >= 11 is 0. The van der Waals surface area contributed by atoms with Crippen LogP contribution in [0.3, 0.4) is 0 Å². The molecule has 7 heteroatoms. The maximum Gasteiger partial charge on any atom is 0.243 e. The number of hydrogen-bond donors (Lipinski definition) is 0. The summed E-state index contributed by atoms with van der Waals surface area (Å²) in [7, 11) is -3.53. The van der Waals surface area contributed by atoms with Crippen molar-refractivity contribution in [1.29, 1.82) is 0 Å². The number of hydrogen-bond acceptors (Lipinski definition) is 5. The minimum Gasteiger partial charge on any atom is -0.490 e. The Morgan fingerprint density at radius 2 is 1.95 bits per heavy atom. The Labute approximate surface area is 131 Å². The Bertz CT molecular complexity index is 631. The minimum atomic E-state index is -3.53. The zero-order valence-electron chi connectivity index (χ0n) is 12.7. The number of fused-ring (bicyclic) bond motifs is 1. The first-order chi connectivity index (χ1) is 10.6. The van der Waals surface area contributed by atoms with Gasteiger partial charge in [0.15, 0.2) is 11.5 Å². The molecule has 0 aromatic heterocycles. The van der Waals surface area contributed by atoms with Crippen LogP contribution < -0.4 is 9.47 Å². The molecule has 3 rings (SSSR count).